The molecule has 1 atom stereocenters. The first-order valence-electron chi connectivity index (χ1n) is 8.33. The van der Waals surface area contributed by atoms with Crippen molar-refractivity contribution in [3.05, 3.63) is 47.4 Å². The topological polar surface area (TPSA) is 84.5 Å². The highest BCUT2D eigenvalue weighted by molar-refractivity contribution is 5.32. The number of anilines is 1. The molecule has 128 valence electrons. The number of nitrogens with two attached hydrogens (primary N) is 1. The van der Waals surface area contributed by atoms with Gasteiger partial charge in [0.1, 0.15) is 24.0 Å². The van der Waals surface area contributed by atoms with E-state index in [9.17, 15) is 0 Å². The first kappa shape index (κ1) is 16.7. The summed E-state index contributed by atoms with van der Waals surface area (Å²) in [6.07, 6.45) is 2.23. The number of aliphatic hydroxyl groups excluding tert-OH is 1. The van der Waals surface area contributed by atoms with Crippen molar-refractivity contribution < 1.29 is 9.84 Å². The number of hydrogen-bond donors (Lipinski definition) is 2. The van der Waals surface area contributed by atoms with E-state index in [1.165, 1.54) is 5.56 Å². The molecular formula is C18H24N4O2. The monoisotopic (exact) mass is 328 g/mol. The zero-order chi connectivity index (χ0) is 16.9. The van der Waals surface area contributed by atoms with Crippen LogP contribution < -0.4 is 10.5 Å². The van der Waals surface area contributed by atoms with Crippen LogP contribution in [0.3, 0.4) is 0 Å². The summed E-state index contributed by atoms with van der Waals surface area (Å²) in [5, 5.41) is 8.88. The molecule has 1 aliphatic rings. The summed E-state index contributed by atoms with van der Waals surface area (Å²) in [4.78, 5) is 11.2. The van der Waals surface area contributed by atoms with Gasteiger partial charge in [-0.3, -0.25) is 4.90 Å². The van der Waals surface area contributed by atoms with E-state index in [-0.39, 0.29) is 12.6 Å². The van der Waals surface area contributed by atoms with Gasteiger partial charge in [0, 0.05) is 12.6 Å². The highest BCUT2D eigenvalue weighted by Gasteiger charge is 2.27. The molecular weight excluding hydrogens is 304 g/mol. The maximum Gasteiger partial charge on any atom is 0.127 e. The molecule has 0 radical (unpaired) electrons. The van der Waals surface area contributed by atoms with Crippen LogP contribution in [-0.4, -0.2) is 39.7 Å². The lowest BCUT2D eigenvalue weighted by molar-refractivity contribution is 0.200. The molecule has 0 amide bonds. The van der Waals surface area contributed by atoms with Crippen molar-refractivity contribution in [1.82, 2.24) is 14.9 Å². The fraction of sp³-hybridized carbons (Fsp3) is 0.444. The van der Waals surface area contributed by atoms with Crippen LogP contribution in [0.5, 0.6) is 5.75 Å². The predicted octanol–water partition coefficient (Wildman–Crippen LogP) is 2.08. The molecule has 0 saturated carbocycles. The van der Waals surface area contributed by atoms with Gasteiger partial charge < -0.3 is 15.6 Å². The largest absolute Gasteiger partial charge is 0.491 e. The summed E-state index contributed by atoms with van der Waals surface area (Å²) < 4.78 is 5.50. The molecule has 2 aromatic rings. The van der Waals surface area contributed by atoms with Crippen LogP contribution >= 0.6 is 0 Å². The van der Waals surface area contributed by atoms with Crippen molar-refractivity contribution in [2.45, 2.75) is 32.4 Å². The standard InChI is InChI=1S/C18H24N4O2/c1-13-20-16(11-18(19)21-13)17-6-3-7-22(17)12-14-4-2-5-15(10-14)24-9-8-23/h2,4-5,10-11,17,23H,3,6-9,12H2,1H3,(H2,19,20,21)/t17-/m1/s1. The molecule has 0 bridgehead atoms. The third kappa shape index (κ3) is 4.01. The van der Waals surface area contributed by atoms with Crippen LogP contribution in [0.4, 0.5) is 5.82 Å². The number of aryl methyl sites for hydroxylation is 1. The van der Waals surface area contributed by atoms with Gasteiger partial charge in [-0.1, -0.05) is 12.1 Å². The minimum absolute atomic E-state index is 0.0207. The number of likely N-dealkylation sites (tertiary alicyclic amines) is 1. The summed E-state index contributed by atoms with van der Waals surface area (Å²) in [7, 11) is 0. The SMILES string of the molecule is Cc1nc(N)cc([C@H]2CCCN2Cc2cccc(OCCO)c2)n1. The van der Waals surface area contributed by atoms with Crippen LogP contribution in [0.2, 0.25) is 0 Å². The minimum atomic E-state index is 0.0207. The van der Waals surface area contributed by atoms with Crippen LogP contribution in [0.15, 0.2) is 30.3 Å². The predicted molar refractivity (Wildman–Crippen MR) is 92.6 cm³/mol. The summed E-state index contributed by atoms with van der Waals surface area (Å²) in [6.45, 7) is 4.09. The number of benzene rings is 1. The Hall–Kier alpha value is -2.18. The minimum Gasteiger partial charge on any atom is -0.491 e. The summed E-state index contributed by atoms with van der Waals surface area (Å²) in [6, 6.07) is 10.2. The zero-order valence-corrected chi connectivity index (χ0v) is 14.0. The quantitative estimate of drug-likeness (QED) is 0.844. The lowest BCUT2D eigenvalue weighted by Crippen LogP contribution is -2.24. The van der Waals surface area contributed by atoms with Crippen LogP contribution in [0.1, 0.15) is 36.0 Å². The van der Waals surface area contributed by atoms with E-state index >= 15 is 0 Å². The van der Waals surface area contributed by atoms with Gasteiger partial charge in [-0.05, 0) is 44.0 Å². The maximum atomic E-state index is 8.88. The Kier molecular flexibility index (Phi) is 5.27. The number of nitrogen functional groups attached to an aromatic ring is 1. The molecule has 0 unspecified atom stereocenters. The van der Waals surface area contributed by atoms with Crippen LogP contribution in [-0.2, 0) is 6.54 Å². The third-order valence-corrected chi connectivity index (χ3v) is 4.23. The normalized spacial score (nSPS) is 18.0. The van der Waals surface area contributed by atoms with Gasteiger partial charge in [-0.15, -0.1) is 0 Å². The second kappa shape index (κ2) is 7.59. The first-order chi connectivity index (χ1) is 11.7. The van der Waals surface area contributed by atoms with E-state index in [2.05, 4.69) is 20.9 Å². The van der Waals surface area contributed by atoms with E-state index < -0.39 is 0 Å². The molecule has 1 aliphatic heterocycles. The molecule has 0 spiro atoms. The average Bonchev–Trinajstić information content (AvgIpc) is 3.00. The third-order valence-electron chi connectivity index (χ3n) is 4.23. The van der Waals surface area contributed by atoms with Gasteiger partial charge in [-0.2, -0.15) is 0 Å². The van der Waals surface area contributed by atoms with E-state index in [1.807, 2.05) is 31.2 Å². The Morgan fingerprint density at radius 3 is 3.00 bits per heavy atom. The highest BCUT2D eigenvalue weighted by atomic mass is 16.5. The van der Waals surface area contributed by atoms with E-state index in [0.717, 1.165) is 43.2 Å². The molecule has 0 aliphatic carbocycles. The van der Waals surface area contributed by atoms with Gasteiger partial charge >= 0.3 is 0 Å². The van der Waals surface area contributed by atoms with E-state index in [1.54, 1.807) is 0 Å². The molecule has 6 heteroatoms. The summed E-state index contributed by atoms with van der Waals surface area (Å²) in [5.74, 6) is 2.04. The van der Waals surface area contributed by atoms with Crippen molar-refractivity contribution in [1.29, 1.82) is 0 Å². The van der Waals surface area contributed by atoms with Gasteiger partial charge in [0.2, 0.25) is 0 Å². The number of rotatable bonds is 6. The fourth-order valence-corrected chi connectivity index (χ4v) is 3.27. The van der Waals surface area contributed by atoms with Crippen molar-refractivity contribution in [3.8, 4) is 5.75 Å². The molecule has 1 fully saturated rings. The second-order valence-corrected chi connectivity index (χ2v) is 6.11. The number of ether oxygens (including phenoxy) is 1. The summed E-state index contributed by atoms with van der Waals surface area (Å²) in [5.41, 5.74) is 8.08. The second-order valence-electron chi connectivity index (χ2n) is 6.11. The van der Waals surface area contributed by atoms with Crippen molar-refractivity contribution in [2.75, 3.05) is 25.5 Å². The number of nitrogens with zero attached hydrogens (tertiary/aromatic N) is 3. The zero-order valence-electron chi connectivity index (χ0n) is 14.0. The summed E-state index contributed by atoms with van der Waals surface area (Å²) >= 11 is 0. The Balaban J connectivity index is 1.74. The van der Waals surface area contributed by atoms with Gasteiger partial charge in [0.25, 0.3) is 0 Å². The molecule has 24 heavy (non-hydrogen) atoms. The lowest BCUT2D eigenvalue weighted by atomic mass is 10.1. The Morgan fingerprint density at radius 1 is 1.33 bits per heavy atom. The molecule has 2 heterocycles. The Morgan fingerprint density at radius 2 is 2.21 bits per heavy atom. The van der Waals surface area contributed by atoms with E-state index in [4.69, 9.17) is 15.6 Å². The van der Waals surface area contributed by atoms with Gasteiger partial charge in [-0.25, -0.2) is 9.97 Å². The first-order valence-corrected chi connectivity index (χ1v) is 8.33. The van der Waals surface area contributed by atoms with Crippen molar-refractivity contribution in [3.63, 3.8) is 0 Å². The molecule has 1 aromatic carbocycles. The smallest absolute Gasteiger partial charge is 0.127 e. The molecule has 3 rings (SSSR count). The number of hydrogen-bond acceptors (Lipinski definition) is 6. The highest BCUT2D eigenvalue weighted by Crippen LogP contribution is 2.33. The van der Waals surface area contributed by atoms with Gasteiger partial charge in [0.05, 0.1) is 18.3 Å². The molecule has 1 saturated heterocycles. The number of aliphatic hydroxyl groups is 1. The number of aromatic nitrogens is 2. The average molecular weight is 328 g/mol. The van der Waals surface area contributed by atoms with Crippen molar-refractivity contribution in [2.24, 2.45) is 0 Å². The lowest BCUT2D eigenvalue weighted by Gasteiger charge is -2.24. The Bertz CT molecular complexity index is 672. The molecule has 6 nitrogen and oxygen atoms in total. The van der Waals surface area contributed by atoms with Gasteiger partial charge in [0.15, 0.2) is 0 Å². The van der Waals surface area contributed by atoms with Crippen molar-refractivity contribution >= 4 is 5.82 Å². The molecule has 3 N–H and O–H groups in total. The fourth-order valence-electron chi connectivity index (χ4n) is 3.27. The Labute approximate surface area is 142 Å². The molecule has 1 aromatic heterocycles. The maximum absolute atomic E-state index is 8.88. The van der Waals surface area contributed by atoms with Crippen LogP contribution in [0.25, 0.3) is 0 Å². The van der Waals surface area contributed by atoms with E-state index in [0.29, 0.717) is 12.4 Å². The van der Waals surface area contributed by atoms with Crippen LogP contribution in [0, 0.1) is 6.92 Å².